The van der Waals surface area contributed by atoms with Gasteiger partial charge in [0.2, 0.25) is 29.8 Å². The summed E-state index contributed by atoms with van der Waals surface area (Å²) in [7, 11) is 0. The third kappa shape index (κ3) is 5.50. The second-order valence-corrected chi connectivity index (χ2v) is 10.2. The van der Waals surface area contributed by atoms with Gasteiger partial charge in [0.1, 0.15) is 65.7 Å². The molecular formula is C27H30O17. The van der Waals surface area contributed by atoms with Gasteiger partial charge in [0, 0.05) is 11.6 Å². The van der Waals surface area contributed by atoms with E-state index in [9.17, 15) is 61.0 Å². The molecular weight excluding hydrogens is 596 g/mol. The summed E-state index contributed by atoms with van der Waals surface area (Å²) in [5.74, 6) is -4.28. The van der Waals surface area contributed by atoms with E-state index < -0.39 is 114 Å². The second kappa shape index (κ2) is 12.3. The SMILES string of the molecule is O=c1cc(-c2ccc(O)cc2)oc2c(O[C@@H]3O[C@H](CO)[C@@H](O)[C@@H](O)[C@H]3O)c(O)c(O[C@@H]3O[C@H](CO)[C@H](O)[C@H](O)[C@@H]3O)c(O)c12. The highest BCUT2D eigenvalue weighted by molar-refractivity contribution is 5.95. The number of hydrogen-bond donors (Lipinski definition) is 11. The molecule has 17 heteroatoms. The maximum atomic E-state index is 13.3. The fourth-order valence-corrected chi connectivity index (χ4v) is 4.86. The van der Waals surface area contributed by atoms with Crippen LogP contribution in [0.3, 0.4) is 0 Å². The van der Waals surface area contributed by atoms with E-state index in [1.807, 2.05) is 0 Å². The van der Waals surface area contributed by atoms with Crippen molar-refractivity contribution in [2.24, 2.45) is 0 Å². The van der Waals surface area contributed by atoms with Gasteiger partial charge in [-0.2, -0.15) is 0 Å². The van der Waals surface area contributed by atoms with Gasteiger partial charge in [-0.25, -0.2) is 0 Å². The van der Waals surface area contributed by atoms with Crippen molar-refractivity contribution in [3.63, 3.8) is 0 Å². The van der Waals surface area contributed by atoms with Crippen LogP contribution < -0.4 is 14.9 Å². The summed E-state index contributed by atoms with van der Waals surface area (Å²) in [6.07, 6.45) is -18.2. The van der Waals surface area contributed by atoms with E-state index in [-0.39, 0.29) is 17.1 Å². The molecule has 0 spiro atoms. The fourth-order valence-electron chi connectivity index (χ4n) is 4.86. The Kier molecular flexibility index (Phi) is 8.87. The molecule has 17 nitrogen and oxygen atoms in total. The molecule has 44 heavy (non-hydrogen) atoms. The predicted molar refractivity (Wildman–Crippen MR) is 142 cm³/mol. The lowest BCUT2D eigenvalue weighted by Crippen LogP contribution is -2.60. The number of phenolic OH excluding ortho intramolecular Hbond substituents is 3. The van der Waals surface area contributed by atoms with Crippen molar-refractivity contribution >= 4 is 11.0 Å². The number of aliphatic hydroxyl groups is 8. The topological polar surface area (TPSA) is 290 Å². The van der Waals surface area contributed by atoms with E-state index in [4.69, 9.17) is 23.4 Å². The zero-order chi connectivity index (χ0) is 32.0. The summed E-state index contributed by atoms with van der Waals surface area (Å²) in [5.41, 5.74) is -1.33. The molecule has 240 valence electrons. The summed E-state index contributed by atoms with van der Waals surface area (Å²) in [6, 6.07) is 6.29. The molecule has 2 aliphatic rings. The zero-order valence-corrected chi connectivity index (χ0v) is 22.4. The molecule has 2 fully saturated rings. The van der Waals surface area contributed by atoms with Crippen LogP contribution in [0.15, 0.2) is 39.5 Å². The molecule has 11 N–H and O–H groups in total. The average molecular weight is 627 g/mol. The molecule has 3 heterocycles. The maximum Gasteiger partial charge on any atom is 0.229 e. The standard InChI is InChI=1S/C27H30O17/c28-6-12-15(32)18(35)20(37)26(41-12)43-24-17(34)14-10(31)5-11(8-1-3-9(30)4-2-8)40-23(14)25(22(24)39)44-27-21(38)19(36)16(33)13(7-29)42-27/h1-5,12-13,15-16,18-21,26-30,32-39H,6-7H2/t12-,13-,15+,16-,18+,19-,20+,21-,26+,27+/m1/s1. The van der Waals surface area contributed by atoms with Gasteiger partial charge in [-0.1, -0.05) is 0 Å². The Hall–Kier alpha value is -3.75. The lowest BCUT2D eigenvalue weighted by atomic mass is 9.99. The van der Waals surface area contributed by atoms with Crippen molar-refractivity contribution in [2.75, 3.05) is 13.2 Å². The fraction of sp³-hybridized carbons (Fsp3) is 0.444. The quantitative estimate of drug-likeness (QED) is 0.124. The largest absolute Gasteiger partial charge is 0.508 e. The summed E-state index contributed by atoms with van der Waals surface area (Å²) >= 11 is 0. The summed E-state index contributed by atoms with van der Waals surface area (Å²) in [5, 5.41) is 112. The summed E-state index contributed by atoms with van der Waals surface area (Å²) in [6.45, 7) is -1.67. The highest BCUT2D eigenvalue weighted by Gasteiger charge is 2.47. The van der Waals surface area contributed by atoms with Crippen molar-refractivity contribution < 1.29 is 79.5 Å². The van der Waals surface area contributed by atoms with E-state index in [0.717, 1.165) is 6.07 Å². The number of ether oxygens (including phenoxy) is 4. The lowest BCUT2D eigenvalue weighted by molar-refractivity contribution is -0.279. The van der Waals surface area contributed by atoms with E-state index in [2.05, 4.69) is 0 Å². The van der Waals surface area contributed by atoms with E-state index >= 15 is 0 Å². The molecule has 0 radical (unpaired) electrons. The van der Waals surface area contributed by atoms with Crippen LogP contribution in [-0.4, -0.2) is 131 Å². The van der Waals surface area contributed by atoms with E-state index in [0.29, 0.717) is 0 Å². The van der Waals surface area contributed by atoms with E-state index in [1.54, 1.807) is 0 Å². The minimum Gasteiger partial charge on any atom is -0.508 e. The molecule has 10 atom stereocenters. The number of benzene rings is 2. The van der Waals surface area contributed by atoms with Gasteiger partial charge in [-0.3, -0.25) is 4.79 Å². The van der Waals surface area contributed by atoms with Crippen LogP contribution in [0.5, 0.6) is 28.7 Å². The molecule has 0 unspecified atom stereocenters. The predicted octanol–water partition coefficient (Wildman–Crippen LogP) is -3.07. The van der Waals surface area contributed by atoms with Crippen LogP contribution in [0.25, 0.3) is 22.3 Å². The Bertz CT molecular complexity index is 1540. The lowest BCUT2D eigenvalue weighted by Gasteiger charge is -2.40. The number of aliphatic hydroxyl groups excluding tert-OH is 8. The van der Waals surface area contributed by atoms with Crippen LogP contribution in [-0.2, 0) is 9.47 Å². The zero-order valence-electron chi connectivity index (χ0n) is 22.4. The van der Waals surface area contributed by atoms with Crippen LogP contribution in [0.2, 0.25) is 0 Å². The van der Waals surface area contributed by atoms with Gasteiger partial charge >= 0.3 is 0 Å². The first kappa shape index (κ1) is 31.7. The Morgan fingerprint density at radius 3 is 1.66 bits per heavy atom. The summed E-state index contributed by atoms with van der Waals surface area (Å²) in [4.78, 5) is 13.3. The van der Waals surface area contributed by atoms with E-state index in [1.165, 1.54) is 24.3 Å². The third-order valence-electron chi connectivity index (χ3n) is 7.35. The number of phenols is 3. The Balaban J connectivity index is 1.67. The normalized spacial score (nSPS) is 32.5. The van der Waals surface area contributed by atoms with Gasteiger partial charge in [-0.05, 0) is 24.3 Å². The molecule has 0 amide bonds. The number of fused-ring (bicyclic) bond motifs is 1. The Labute approximate surface area is 246 Å². The maximum absolute atomic E-state index is 13.3. The van der Waals surface area contributed by atoms with Crippen LogP contribution in [0.1, 0.15) is 0 Å². The van der Waals surface area contributed by atoms with Crippen molar-refractivity contribution in [1.29, 1.82) is 0 Å². The highest BCUT2D eigenvalue weighted by Crippen LogP contribution is 2.51. The number of rotatable bonds is 7. The van der Waals surface area contributed by atoms with Gasteiger partial charge in [0.25, 0.3) is 0 Å². The molecule has 2 saturated heterocycles. The van der Waals surface area contributed by atoms with Gasteiger partial charge in [0.05, 0.1) is 13.2 Å². The number of aromatic hydroxyl groups is 3. The molecule has 0 bridgehead atoms. The Morgan fingerprint density at radius 2 is 1.16 bits per heavy atom. The van der Waals surface area contributed by atoms with Crippen molar-refractivity contribution in [3.05, 3.63) is 40.6 Å². The van der Waals surface area contributed by atoms with Crippen molar-refractivity contribution in [3.8, 4) is 40.1 Å². The molecule has 2 aromatic carbocycles. The minimum atomic E-state index is -2.01. The number of hydrogen-bond acceptors (Lipinski definition) is 17. The molecule has 5 rings (SSSR count). The average Bonchev–Trinajstić information content (AvgIpc) is 3.01. The highest BCUT2D eigenvalue weighted by atomic mass is 16.7. The molecule has 2 aliphatic heterocycles. The minimum absolute atomic E-state index is 0.103. The van der Waals surface area contributed by atoms with Gasteiger partial charge in [-0.15, -0.1) is 0 Å². The van der Waals surface area contributed by atoms with Crippen LogP contribution in [0.4, 0.5) is 0 Å². The smallest absolute Gasteiger partial charge is 0.229 e. The molecule has 0 saturated carbocycles. The van der Waals surface area contributed by atoms with Crippen molar-refractivity contribution in [2.45, 2.75) is 61.4 Å². The summed E-state index contributed by atoms with van der Waals surface area (Å²) < 4.78 is 27.5. The van der Waals surface area contributed by atoms with Crippen LogP contribution >= 0.6 is 0 Å². The molecule has 0 aliphatic carbocycles. The monoisotopic (exact) mass is 626 g/mol. The van der Waals surface area contributed by atoms with Gasteiger partial charge in [0.15, 0.2) is 16.8 Å². The first-order valence-corrected chi connectivity index (χ1v) is 13.2. The molecule has 3 aromatic rings. The molecule has 1 aromatic heterocycles. The van der Waals surface area contributed by atoms with Crippen LogP contribution in [0, 0.1) is 0 Å². The third-order valence-corrected chi connectivity index (χ3v) is 7.35. The second-order valence-electron chi connectivity index (χ2n) is 10.2. The van der Waals surface area contributed by atoms with Crippen molar-refractivity contribution in [1.82, 2.24) is 0 Å². The first-order chi connectivity index (χ1) is 20.9. The van der Waals surface area contributed by atoms with Gasteiger partial charge < -0.3 is 79.5 Å². The first-order valence-electron chi connectivity index (χ1n) is 13.2. The Morgan fingerprint density at radius 1 is 0.659 bits per heavy atom.